The third kappa shape index (κ3) is 4.00. The van der Waals surface area contributed by atoms with Gasteiger partial charge in [0.15, 0.2) is 0 Å². The van der Waals surface area contributed by atoms with Crippen molar-refractivity contribution >= 4 is 11.8 Å². The van der Waals surface area contributed by atoms with Gasteiger partial charge in [-0.25, -0.2) is 0 Å². The zero-order valence-corrected chi connectivity index (χ0v) is 11.5. The van der Waals surface area contributed by atoms with Crippen molar-refractivity contribution in [3.63, 3.8) is 0 Å². The largest absolute Gasteiger partial charge is 0.344 e. The summed E-state index contributed by atoms with van der Waals surface area (Å²) in [6.45, 7) is 8.21. The van der Waals surface area contributed by atoms with Gasteiger partial charge >= 0.3 is 0 Å². The fraction of sp³-hybridized carbons (Fsp3) is 0.833. The van der Waals surface area contributed by atoms with Crippen LogP contribution in [-0.2, 0) is 9.59 Å². The molecule has 2 unspecified atom stereocenters. The molecule has 0 fully saturated rings. The fourth-order valence-electron chi connectivity index (χ4n) is 1.32. The van der Waals surface area contributed by atoms with Crippen LogP contribution < -0.4 is 11.1 Å². The first-order valence-corrected chi connectivity index (χ1v) is 6.08. The molecule has 0 saturated heterocycles. The number of hydrogen-bond donors (Lipinski definition) is 2. The fourth-order valence-corrected chi connectivity index (χ4v) is 1.32. The molecule has 5 heteroatoms. The molecule has 3 N–H and O–H groups in total. The molecular weight excluding hydrogens is 218 g/mol. The molecule has 0 bridgehead atoms. The van der Waals surface area contributed by atoms with E-state index in [4.69, 9.17) is 5.73 Å². The van der Waals surface area contributed by atoms with Crippen molar-refractivity contribution < 1.29 is 9.59 Å². The third-order valence-electron chi connectivity index (χ3n) is 3.35. The second-order valence-electron chi connectivity index (χ2n) is 4.67. The Bertz CT molecular complexity index is 275. The lowest BCUT2D eigenvalue weighted by molar-refractivity contribution is -0.137. The number of nitrogens with one attached hydrogen (secondary N) is 1. The van der Waals surface area contributed by atoms with Gasteiger partial charge in [0.05, 0.1) is 5.41 Å². The summed E-state index contributed by atoms with van der Waals surface area (Å²) in [5, 5.41) is 2.73. The molecule has 0 aromatic rings. The molecule has 2 amide bonds. The van der Waals surface area contributed by atoms with Crippen molar-refractivity contribution in [3.05, 3.63) is 0 Å². The summed E-state index contributed by atoms with van der Waals surface area (Å²) in [5.41, 5.74) is 5.00. The van der Waals surface area contributed by atoms with E-state index in [-0.39, 0.29) is 18.4 Å². The second kappa shape index (κ2) is 6.59. The molecule has 2 atom stereocenters. The predicted octanol–water partition coefficient (Wildman–Crippen LogP) is 0.344. The topological polar surface area (TPSA) is 75.4 Å². The molecule has 0 aromatic carbocycles. The Hall–Kier alpha value is -1.10. The van der Waals surface area contributed by atoms with E-state index in [2.05, 4.69) is 5.32 Å². The Morgan fingerprint density at radius 3 is 2.29 bits per heavy atom. The van der Waals surface area contributed by atoms with E-state index in [1.54, 1.807) is 18.9 Å². The summed E-state index contributed by atoms with van der Waals surface area (Å²) in [6, 6.07) is -0.509. The number of nitrogens with two attached hydrogens (primary N) is 1. The highest BCUT2D eigenvalue weighted by Crippen LogP contribution is 2.19. The molecule has 0 aliphatic carbocycles. The number of amides is 2. The molecule has 0 saturated carbocycles. The Morgan fingerprint density at radius 2 is 1.94 bits per heavy atom. The van der Waals surface area contributed by atoms with E-state index in [0.717, 1.165) is 0 Å². The van der Waals surface area contributed by atoms with Gasteiger partial charge in [0, 0.05) is 20.1 Å². The minimum absolute atomic E-state index is 0.0867. The molecule has 0 spiro atoms. The highest BCUT2D eigenvalue weighted by Gasteiger charge is 2.31. The van der Waals surface area contributed by atoms with Gasteiger partial charge in [0.1, 0.15) is 6.04 Å². The number of rotatable bonds is 6. The van der Waals surface area contributed by atoms with Crippen molar-refractivity contribution in [1.82, 2.24) is 10.2 Å². The van der Waals surface area contributed by atoms with Crippen LogP contribution in [0.3, 0.4) is 0 Å². The summed E-state index contributed by atoms with van der Waals surface area (Å²) in [6.07, 6.45) is 0.653. The van der Waals surface area contributed by atoms with Crippen LogP contribution in [0.2, 0.25) is 0 Å². The van der Waals surface area contributed by atoms with Crippen LogP contribution in [0.4, 0.5) is 0 Å². The zero-order valence-electron chi connectivity index (χ0n) is 11.5. The van der Waals surface area contributed by atoms with Crippen LogP contribution in [0.1, 0.15) is 34.1 Å². The van der Waals surface area contributed by atoms with Gasteiger partial charge in [-0.05, 0) is 27.2 Å². The van der Waals surface area contributed by atoms with Crippen LogP contribution in [0, 0.1) is 5.41 Å². The minimum atomic E-state index is -0.598. The van der Waals surface area contributed by atoms with Crippen LogP contribution in [0.15, 0.2) is 0 Å². The molecule has 0 heterocycles. The molecule has 5 nitrogen and oxygen atoms in total. The van der Waals surface area contributed by atoms with Crippen LogP contribution in [0.25, 0.3) is 0 Å². The van der Waals surface area contributed by atoms with E-state index in [0.29, 0.717) is 13.0 Å². The molecule has 0 aliphatic heterocycles. The highest BCUT2D eigenvalue weighted by molar-refractivity contribution is 5.89. The molecule has 0 aliphatic rings. The van der Waals surface area contributed by atoms with Crippen molar-refractivity contribution in [3.8, 4) is 0 Å². The van der Waals surface area contributed by atoms with Gasteiger partial charge in [-0.15, -0.1) is 0 Å². The summed E-state index contributed by atoms with van der Waals surface area (Å²) < 4.78 is 0. The number of nitrogens with zero attached hydrogens (tertiary/aromatic N) is 1. The lowest BCUT2D eigenvalue weighted by Crippen LogP contribution is -2.51. The Morgan fingerprint density at radius 1 is 1.41 bits per heavy atom. The van der Waals surface area contributed by atoms with Gasteiger partial charge in [-0.3, -0.25) is 9.59 Å². The molecular formula is C12H25N3O2. The Kier molecular flexibility index (Phi) is 6.16. The molecule has 17 heavy (non-hydrogen) atoms. The van der Waals surface area contributed by atoms with E-state index in [1.165, 1.54) is 0 Å². The van der Waals surface area contributed by atoms with E-state index < -0.39 is 11.5 Å². The van der Waals surface area contributed by atoms with Gasteiger partial charge in [-0.2, -0.15) is 0 Å². The first-order chi connectivity index (χ1) is 7.82. The summed E-state index contributed by atoms with van der Waals surface area (Å²) in [4.78, 5) is 25.4. The van der Waals surface area contributed by atoms with Crippen molar-refractivity contribution in [1.29, 1.82) is 0 Å². The quantitative estimate of drug-likeness (QED) is 0.706. The number of hydrogen-bond acceptors (Lipinski definition) is 3. The maximum absolute atomic E-state index is 12.0. The monoisotopic (exact) mass is 243 g/mol. The van der Waals surface area contributed by atoms with Crippen molar-refractivity contribution in [2.45, 2.75) is 40.2 Å². The maximum Gasteiger partial charge on any atom is 0.244 e. The van der Waals surface area contributed by atoms with Gasteiger partial charge in [0.2, 0.25) is 11.8 Å². The number of carbonyl (C=O) groups is 2. The SMILES string of the molecule is CCN(C)C(=O)C(C)NC(=O)C(C)(CC)CN. The number of likely N-dealkylation sites (N-methyl/N-ethyl adjacent to an activating group) is 1. The van der Waals surface area contributed by atoms with Gasteiger partial charge in [0.25, 0.3) is 0 Å². The summed E-state index contributed by atoms with van der Waals surface area (Å²) >= 11 is 0. The lowest BCUT2D eigenvalue weighted by Gasteiger charge is -2.28. The second-order valence-corrected chi connectivity index (χ2v) is 4.67. The lowest BCUT2D eigenvalue weighted by atomic mass is 9.86. The maximum atomic E-state index is 12.0. The summed E-state index contributed by atoms with van der Waals surface area (Å²) in [5.74, 6) is -0.246. The van der Waals surface area contributed by atoms with Crippen molar-refractivity contribution in [2.24, 2.45) is 11.1 Å². The first kappa shape index (κ1) is 15.9. The van der Waals surface area contributed by atoms with Crippen LogP contribution in [-0.4, -0.2) is 42.9 Å². The normalized spacial score (nSPS) is 15.9. The van der Waals surface area contributed by atoms with Gasteiger partial charge < -0.3 is 16.0 Å². The average Bonchev–Trinajstić information content (AvgIpc) is 2.35. The molecule has 100 valence electrons. The zero-order chi connectivity index (χ0) is 13.6. The van der Waals surface area contributed by atoms with E-state index in [1.807, 2.05) is 20.8 Å². The van der Waals surface area contributed by atoms with Crippen LogP contribution >= 0.6 is 0 Å². The molecule has 0 rings (SSSR count). The Labute approximate surface area is 104 Å². The standard InChI is InChI=1S/C12H25N3O2/c1-6-12(4,8-13)11(17)14-9(3)10(16)15(5)7-2/h9H,6-8,13H2,1-5H3,(H,14,17). The van der Waals surface area contributed by atoms with E-state index >= 15 is 0 Å². The summed E-state index contributed by atoms with van der Waals surface area (Å²) in [7, 11) is 1.72. The third-order valence-corrected chi connectivity index (χ3v) is 3.35. The van der Waals surface area contributed by atoms with Crippen LogP contribution in [0.5, 0.6) is 0 Å². The van der Waals surface area contributed by atoms with E-state index in [9.17, 15) is 9.59 Å². The number of carbonyl (C=O) groups excluding carboxylic acids is 2. The Balaban J connectivity index is 4.54. The molecule has 0 aromatic heterocycles. The minimum Gasteiger partial charge on any atom is -0.344 e. The van der Waals surface area contributed by atoms with Crippen molar-refractivity contribution in [2.75, 3.05) is 20.1 Å². The highest BCUT2D eigenvalue weighted by atomic mass is 16.2. The smallest absolute Gasteiger partial charge is 0.244 e. The average molecular weight is 243 g/mol. The predicted molar refractivity (Wildman–Crippen MR) is 68.4 cm³/mol. The first-order valence-electron chi connectivity index (χ1n) is 6.08. The van der Waals surface area contributed by atoms with Gasteiger partial charge in [-0.1, -0.05) is 6.92 Å². The molecule has 0 radical (unpaired) electrons.